The molecule has 0 aromatic carbocycles. The van der Waals surface area contributed by atoms with E-state index >= 15 is 0 Å². The van der Waals surface area contributed by atoms with Gasteiger partial charge in [-0.25, -0.2) is 0 Å². The molecule has 1 aliphatic heterocycles. The standard InChI is InChI=1S/C12H17N3O/c1-9-5-10(7-14-6-9)12(16)15-4-2-3-11(13)8-15/h5-7,11H,2-4,8,13H2,1H3/t11-/m1/s1. The normalized spacial score (nSPS) is 20.9. The molecule has 86 valence electrons. The summed E-state index contributed by atoms with van der Waals surface area (Å²) in [7, 11) is 0. The van der Waals surface area contributed by atoms with E-state index in [0.717, 1.165) is 24.9 Å². The van der Waals surface area contributed by atoms with Crippen molar-refractivity contribution in [1.29, 1.82) is 0 Å². The maximum atomic E-state index is 12.1. The highest BCUT2D eigenvalue weighted by atomic mass is 16.2. The number of nitrogens with two attached hydrogens (primary N) is 1. The molecule has 1 aliphatic rings. The molecule has 2 heterocycles. The fourth-order valence-corrected chi connectivity index (χ4v) is 2.05. The molecule has 0 spiro atoms. The second kappa shape index (κ2) is 4.61. The van der Waals surface area contributed by atoms with Crippen molar-refractivity contribution < 1.29 is 4.79 Å². The zero-order valence-electron chi connectivity index (χ0n) is 9.52. The number of carbonyl (C=O) groups is 1. The van der Waals surface area contributed by atoms with Crippen LogP contribution in [0.1, 0.15) is 28.8 Å². The van der Waals surface area contributed by atoms with Gasteiger partial charge in [0.05, 0.1) is 5.56 Å². The highest BCUT2D eigenvalue weighted by molar-refractivity contribution is 5.94. The van der Waals surface area contributed by atoms with Gasteiger partial charge in [-0.2, -0.15) is 0 Å². The largest absolute Gasteiger partial charge is 0.337 e. The van der Waals surface area contributed by atoms with Crippen LogP contribution in [-0.4, -0.2) is 34.9 Å². The average Bonchev–Trinajstić information content (AvgIpc) is 2.28. The van der Waals surface area contributed by atoms with Crippen molar-refractivity contribution in [2.45, 2.75) is 25.8 Å². The van der Waals surface area contributed by atoms with Gasteiger partial charge in [-0.15, -0.1) is 0 Å². The lowest BCUT2D eigenvalue weighted by Gasteiger charge is -2.30. The molecular weight excluding hydrogens is 202 g/mol. The molecule has 0 aliphatic carbocycles. The Kier molecular flexibility index (Phi) is 3.19. The van der Waals surface area contributed by atoms with E-state index in [9.17, 15) is 4.79 Å². The van der Waals surface area contributed by atoms with Gasteiger partial charge in [0.25, 0.3) is 5.91 Å². The number of likely N-dealkylation sites (tertiary alicyclic amines) is 1. The first-order chi connectivity index (χ1) is 7.66. The summed E-state index contributed by atoms with van der Waals surface area (Å²) >= 11 is 0. The van der Waals surface area contributed by atoms with Crippen molar-refractivity contribution in [3.8, 4) is 0 Å². The van der Waals surface area contributed by atoms with Crippen LogP contribution in [-0.2, 0) is 0 Å². The van der Waals surface area contributed by atoms with Crippen LogP contribution >= 0.6 is 0 Å². The Balaban J connectivity index is 2.12. The molecule has 1 atom stereocenters. The second-order valence-electron chi connectivity index (χ2n) is 4.40. The number of pyridine rings is 1. The number of carbonyl (C=O) groups excluding carboxylic acids is 1. The van der Waals surface area contributed by atoms with Crippen LogP contribution in [0.5, 0.6) is 0 Å². The fourth-order valence-electron chi connectivity index (χ4n) is 2.05. The lowest BCUT2D eigenvalue weighted by atomic mass is 10.1. The molecule has 0 unspecified atom stereocenters. The van der Waals surface area contributed by atoms with Gasteiger partial charge >= 0.3 is 0 Å². The van der Waals surface area contributed by atoms with E-state index in [2.05, 4.69) is 4.98 Å². The Labute approximate surface area is 95.5 Å². The monoisotopic (exact) mass is 219 g/mol. The third kappa shape index (κ3) is 2.39. The summed E-state index contributed by atoms with van der Waals surface area (Å²) in [5, 5.41) is 0. The van der Waals surface area contributed by atoms with Gasteiger partial charge in [-0.05, 0) is 31.4 Å². The fraction of sp³-hybridized carbons (Fsp3) is 0.500. The zero-order chi connectivity index (χ0) is 11.5. The number of aromatic nitrogens is 1. The highest BCUT2D eigenvalue weighted by Gasteiger charge is 2.22. The second-order valence-corrected chi connectivity index (χ2v) is 4.40. The number of piperidine rings is 1. The lowest BCUT2D eigenvalue weighted by Crippen LogP contribution is -2.45. The molecule has 1 saturated heterocycles. The van der Waals surface area contributed by atoms with Crippen LogP contribution in [0.25, 0.3) is 0 Å². The number of rotatable bonds is 1. The van der Waals surface area contributed by atoms with Crippen LogP contribution < -0.4 is 5.73 Å². The van der Waals surface area contributed by atoms with Gasteiger partial charge in [-0.1, -0.05) is 0 Å². The minimum Gasteiger partial charge on any atom is -0.337 e. The zero-order valence-corrected chi connectivity index (χ0v) is 9.52. The molecule has 0 bridgehead atoms. The van der Waals surface area contributed by atoms with E-state index in [1.807, 2.05) is 17.9 Å². The van der Waals surface area contributed by atoms with Crippen LogP contribution in [0.15, 0.2) is 18.5 Å². The molecule has 1 amide bonds. The number of hydrogen-bond donors (Lipinski definition) is 1. The molecule has 0 radical (unpaired) electrons. The van der Waals surface area contributed by atoms with E-state index < -0.39 is 0 Å². The summed E-state index contributed by atoms with van der Waals surface area (Å²) in [6.07, 6.45) is 5.37. The molecule has 2 N–H and O–H groups in total. The smallest absolute Gasteiger partial charge is 0.255 e. The maximum absolute atomic E-state index is 12.1. The predicted molar refractivity (Wildman–Crippen MR) is 62.1 cm³/mol. The molecule has 1 aromatic heterocycles. The molecule has 0 saturated carbocycles. The first-order valence-corrected chi connectivity index (χ1v) is 5.63. The summed E-state index contributed by atoms with van der Waals surface area (Å²) in [4.78, 5) is 18.0. The first-order valence-electron chi connectivity index (χ1n) is 5.63. The molecule has 2 rings (SSSR count). The molecule has 1 aromatic rings. The van der Waals surface area contributed by atoms with Gasteiger partial charge in [0.2, 0.25) is 0 Å². The van der Waals surface area contributed by atoms with E-state index in [4.69, 9.17) is 5.73 Å². The van der Waals surface area contributed by atoms with Crippen LogP contribution in [0.3, 0.4) is 0 Å². The topological polar surface area (TPSA) is 59.2 Å². The van der Waals surface area contributed by atoms with Gasteiger partial charge in [0.1, 0.15) is 0 Å². The first kappa shape index (κ1) is 11.1. The van der Waals surface area contributed by atoms with Gasteiger partial charge in [0.15, 0.2) is 0 Å². The van der Waals surface area contributed by atoms with Crippen LogP contribution in [0.2, 0.25) is 0 Å². The lowest BCUT2D eigenvalue weighted by molar-refractivity contribution is 0.0708. The van der Waals surface area contributed by atoms with E-state index in [0.29, 0.717) is 12.1 Å². The summed E-state index contributed by atoms with van der Waals surface area (Å²) in [5.41, 5.74) is 7.53. The number of nitrogens with zero attached hydrogens (tertiary/aromatic N) is 2. The van der Waals surface area contributed by atoms with Gasteiger partial charge in [-0.3, -0.25) is 9.78 Å². The Hall–Kier alpha value is -1.42. The summed E-state index contributed by atoms with van der Waals surface area (Å²) in [5.74, 6) is 0.0475. The summed E-state index contributed by atoms with van der Waals surface area (Å²) < 4.78 is 0. The third-order valence-electron chi connectivity index (χ3n) is 2.87. The predicted octanol–water partition coefficient (Wildman–Crippen LogP) is 0.953. The van der Waals surface area contributed by atoms with E-state index in [1.165, 1.54) is 0 Å². The quantitative estimate of drug-likeness (QED) is 0.765. The van der Waals surface area contributed by atoms with Crippen molar-refractivity contribution in [3.63, 3.8) is 0 Å². The van der Waals surface area contributed by atoms with Crippen molar-refractivity contribution in [2.75, 3.05) is 13.1 Å². The Morgan fingerprint density at radius 2 is 2.38 bits per heavy atom. The minimum atomic E-state index is 0.0475. The van der Waals surface area contributed by atoms with Crippen molar-refractivity contribution in [3.05, 3.63) is 29.6 Å². The van der Waals surface area contributed by atoms with Crippen molar-refractivity contribution in [2.24, 2.45) is 5.73 Å². The molecule has 1 fully saturated rings. The number of aryl methyl sites for hydroxylation is 1. The van der Waals surface area contributed by atoms with Crippen LogP contribution in [0.4, 0.5) is 0 Å². The molecular formula is C12H17N3O. The Bertz CT molecular complexity index is 392. The molecule has 4 nitrogen and oxygen atoms in total. The number of amides is 1. The number of hydrogen-bond acceptors (Lipinski definition) is 3. The average molecular weight is 219 g/mol. The van der Waals surface area contributed by atoms with Crippen LogP contribution in [0, 0.1) is 6.92 Å². The van der Waals surface area contributed by atoms with Gasteiger partial charge in [0, 0.05) is 31.5 Å². The summed E-state index contributed by atoms with van der Waals surface area (Å²) in [6.45, 7) is 3.40. The Morgan fingerprint density at radius 3 is 3.06 bits per heavy atom. The molecule has 4 heteroatoms. The summed E-state index contributed by atoms with van der Waals surface area (Å²) in [6, 6.07) is 1.99. The van der Waals surface area contributed by atoms with Gasteiger partial charge < -0.3 is 10.6 Å². The van der Waals surface area contributed by atoms with Crippen molar-refractivity contribution in [1.82, 2.24) is 9.88 Å². The molecule has 16 heavy (non-hydrogen) atoms. The van der Waals surface area contributed by atoms with Crippen molar-refractivity contribution >= 4 is 5.91 Å². The maximum Gasteiger partial charge on any atom is 0.255 e. The SMILES string of the molecule is Cc1cncc(C(=O)N2CCC[C@@H](N)C2)c1. The third-order valence-corrected chi connectivity index (χ3v) is 2.87. The van der Waals surface area contributed by atoms with E-state index in [-0.39, 0.29) is 11.9 Å². The highest BCUT2D eigenvalue weighted by Crippen LogP contribution is 2.12. The minimum absolute atomic E-state index is 0.0475. The van der Waals surface area contributed by atoms with E-state index in [1.54, 1.807) is 12.4 Å². The Morgan fingerprint density at radius 1 is 1.56 bits per heavy atom.